The minimum absolute atomic E-state index is 0.134. The molecule has 0 fully saturated rings. The maximum atomic E-state index is 13.4. The quantitative estimate of drug-likeness (QED) is 0.705. The number of hydrogen-bond acceptors (Lipinski definition) is 4. The van der Waals surface area contributed by atoms with Gasteiger partial charge < -0.3 is 15.4 Å². The van der Waals surface area contributed by atoms with Crippen LogP contribution in [-0.4, -0.2) is 18.0 Å². The van der Waals surface area contributed by atoms with Gasteiger partial charge in [0.2, 0.25) is 5.91 Å². The van der Waals surface area contributed by atoms with Crippen LogP contribution in [0.25, 0.3) is 11.1 Å². The summed E-state index contributed by atoms with van der Waals surface area (Å²) in [5, 5.41) is 5.94. The third-order valence-corrected chi connectivity index (χ3v) is 3.69. The van der Waals surface area contributed by atoms with Crippen LogP contribution in [0.4, 0.5) is 21.6 Å². The molecule has 0 spiro atoms. The van der Waals surface area contributed by atoms with Crippen LogP contribution in [0.5, 0.6) is 5.75 Å². The number of ether oxygens (including phenoxy) is 1. The summed E-state index contributed by atoms with van der Waals surface area (Å²) in [7, 11) is 1.51. The van der Waals surface area contributed by atoms with E-state index in [9.17, 15) is 9.18 Å². The second kappa shape index (κ2) is 7.65. The summed E-state index contributed by atoms with van der Waals surface area (Å²) in [6.45, 7) is 1.46. The molecular weight excluding hydrogens is 333 g/mol. The van der Waals surface area contributed by atoms with E-state index in [0.717, 1.165) is 16.8 Å². The van der Waals surface area contributed by atoms with E-state index in [4.69, 9.17) is 4.74 Å². The van der Waals surface area contributed by atoms with Crippen LogP contribution in [0.15, 0.2) is 60.8 Å². The zero-order chi connectivity index (χ0) is 18.5. The van der Waals surface area contributed by atoms with Crippen molar-refractivity contribution in [3.8, 4) is 16.9 Å². The van der Waals surface area contributed by atoms with Crippen molar-refractivity contribution in [3.05, 3.63) is 66.6 Å². The highest BCUT2D eigenvalue weighted by atomic mass is 19.1. The van der Waals surface area contributed by atoms with Gasteiger partial charge in [-0.25, -0.2) is 9.37 Å². The molecule has 0 saturated heterocycles. The Morgan fingerprint density at radius 2 is 1.88 bits per heavy atom. The zero-order valence-corrected chi connectivity index (χ0v) is 14.4. The molecule has 5 nitrogen and oxygen atoms in total. The molecule has 3 rings (SSSR count). The van der Waals surface area contributed by atoms with E-state index in [1.807, 2.05) is 30.3 Å². The third-order valence-electron chi connectivity index (χ3n) is 3.69. The first-order chi connectivity index (χ1) is 12.5. The van der Waals surface area contributed by atoms with Crippen LogP contribution < -0.4 is 15.4 Å². The molecule has 0 aliphatic rings. The maximum absolute atomic E-state index is 13.4. The molecule has 0 radical (unpaired) electrons. The van der Waals surface area contributed by atoms with Crippen molar-refractivity contribution in [2.24, 2.45) is 0 Å². The Hall–Kier alpha value is -3.41. The van der Waals surface area contributed by atoms with Crippen LogP contribution in [0.1, 0.15) is 6.92 Å². The van der Waals surface area contributed by atoms with Gasteiger partial charge in [-0.3, -0.25) is 4.79 Å². The molecule has 1 amide bonds. The lowest BCUT2D eigenvalue weighted by molar-refractivity contribution is -0.114. The van der Waals surface area contributed by atoms with Gasteiger partial charge in [-0.2, -0.15) is 0 Å². The van der Waals surface area contributed by atoms with Crippen molar-refractivity contribution >= 4 is 23.1 Å². The Labute approximate surface area is 150 Å². The highest BCUT2D eigenvalue weighted by molar-refractivity contribution is 5.89. The van der Waals surface area contributed by atoms with Gasteiger partial charge in [-0.15, -0.1) is 0 Å². The first-order valence-corrected chi connectivity index (χ1v) is 8.00. The van der Waals surface area contributed by atoms with Gasteiger partial charge >= 0.3 is 0 Å². The first-order valence-electron chi connectivity index (χ1n) is 8.00. The summed E-state index contributed by atoms with van der Waals surface area (Å²) >= 11 is 0. The number of aromatic nitrogens is 1. The largest absolute Gasteiger partial charge is 0.496 e. The lowest BCUT2D eigenvalue weighted by Gasteiger charge is -2.11. The molecule has 2 N–H and O–H groups in total. The van der Waals surface area contributed by atoms with E-state index in [2.05, 4.69) is 15.6 Å². The Morgan fingerprint density at radius 1 is 1.08 bits per heavy atom. The average molecular weight is 351 g/mol. The normalized spacial score (nSPS) is 10.3. The molecule has 1 heterocycles. The highest BCUT2D eigenvalue weighted by Crippen LogP contribution is 2.32. The highest BCUT2D eigenvalue weighted by Gasteiger charge is 2.08. The predicted octanol–water partition coefficient (Wildman–Crippen LogP) is 4.60. The van der Waals surface area contributed by atoms with Gasteiger partial charge in [0.05, 0.1) is 7.11 Å². The van der Waals surface area contributed by atoms with Crippen LogP contribution in [0, 0.1) is 5.82 Å². The molecule has 0 bridgehead atoms. The number of hydrogen-bond donors (Lipinski definition) is 2. The number of carbonyl (C=O) groups excluding carboxylic acids is 1. The lowest BCUT2D eigenvalue weighted by Crippen LogP contribution is -2.05. The number of carbonyl (C=O) groups is 1. The summed E-state index contributed by atoms with van der Waals surface area (Å²) in [6, 6.07) is 15.4. The molecule has 3 aromatic rings. The third kappa shape index (κ3) is 4.16. The standard InChI is InChI=1S/C20H18FN3O2/c1-13(25)23-16-4-3-5-17(12-16)24-20-10-14(8-9-22-20)18-7-6-15(21)11-19(18)26-2/h3-12H,1-2H3,(H,22,24)(H,23,25). The van der Waals surface area contributed by atoms with E-state index in [1.54, 1.807) is 18.3 Å². The summed E-state index contributed by atoms with van der Waals surface area (Å²) in [5.74, 6) is 0.585. The summed E-state index contributed by atoms with van der Waals surface area (Å²) in [6.07, 6.45) is 1.66. The molecule has 2 aromatic carbocycles. The number of pyridine rings is 1. The molecule has 1 aromatic heterocycles. The van der Waals surface area contributed by atoms with Crippen molar-refractivity contribution in [2.45, 2.75) is 6.92 Å². The second-order valence-corrected chi connectivity index (χ2v) is 5.66. The van der Waals surface area contributed by atoms with E-state index in [1.165, 1.54) is 26.2 Å². The number of anilines is 3. The summed E-state index contributed by atoms with van der Waals surface area (Å²) in [4.78, 5) is 15.5. The van der Waals surface area contributed by atoms with Crippen molar-refractivity contribution in [1.29, 1.82) is 0 Å². The fraction of sp³-hybridized carbons (Fsp3) is 0.100. The number of halogens is 1. The second-order valence-electron chi connectivity index (χ2n) is 5.66. The van der Waals surface area contributed by atoms with E-state index in [0.29, 0.717) is 17.3 Å². The molecule has 0 saturated carbocycles. The predicted molar refractivity (Wildman–Crippen MR) is 100 cm³/mol. The van der Waals surface area contributed by atoms with Crippen molar-refractivity contribution < 1.29 is 13.9 Å². The van der Waals surface area contributed by atoms with E-state index < -0.39 is 0 Å². The lowest BCUT2D eigenvalue weighted by atomic mass is 10.1. The molecule has 0 unspecified atom stereocenters. The van der Waals surface area contributed by atoms with Crippen LogP contribution >= 0.6 is 0 Å². The minimum Gasteiger partial charge on any atom is -0.496 e. The SMILES string of the molecule is COc1cc(F)ccc1-c1ccnc(Nc2cccc(NC(C)=O)c2)c1. The average Bonchev–Trinajstić information content (AvgIpc) is 2.61. The number of rotatable bonds is 5. The minimum atomic E-state index is -0.354. The molecule has 0 aliphatic carbocycles. The van der Waals surface area contributed by atoms with Gasteiger partial charge in [-0.1, -0.05) is 6.07 Å². The number of benzene rings is 2. The smallest absolute Gasteiger partial charge is 0.221 e. The number of methoxy groups -OCH3 is 1. The van der Waals surface area contributed by atoms with Crippen molar-refractivity contribution in [3.63, 3.8) is 0 Å². The zero-order valence-electron chi connectivity index (χ0n) is 14.4. The van der Waals surface area contributed by atoms with Crippen LogP contribution in [0.3, 0.4) is 0 Å². The van der Waals surface area contributed by atoms with E-state index in [-0.39, 0.29) is 11.7 Å². The molecule has 132 valence electrons. The monoisotopic (exact) mass is 351 g/mol. The number of nitrogens with one attached hydrogen (secondary N) is 2. The van der Waals surface area contributed by atoms with Crippen LogP contribution in [0.2, 0.25) is 0 Å². The fourth-order valence-electron chi connectivity index (χ4n) is 2.60. The topological polar surface area (TPSA) is 63.2 Å². The fourth-order valence-corrected chi connectivity index (χ4v) is 2.60. The van der Waals surface area contributed by atoms with Gasteiger partial charge in [0.25, 0.3) is 0 Å². The molecule has 6 heteroatoms. The molecule has 0 atom stereocenters. The molecule has 26 heavy (non-hydrogen) atoms. The Bertz CT molecular complexity index is 944. The van der Waals surface area contributed by atoms with Crippen molar-refractivity contribution in [2.75, 3.05) is 17.7 Å². The Kier molecular flexibility index (Phi) is 5.12. The maximum Gasteiger partial charge on any atom is 0.221 e. The van der Waals surface area contributed by atoms with Crippen molar-refractivity contribution in [1.82, 2.24) is 4.98 Å². The van der Waals surface area contributed by atoms with Gasteiger partial charge in [0.15, 0.2) is 0 Å². The molecule has 0 aliphatic heterocycles. The van der Waals surface area contributed by atoms with Gasteiger partial charge in [0, 0.05) is 36.1 Å². The van der Waals surface area contributed by atoms with Crippen LogP contribution in [-0.2, 0) is 4.79 Å². The number of amides is 1. The Balaban J connectivity index is 1.88. The van der Waals surface area contributed by atoms with Gasteiger partial charge in [-0.05, 0) is 48.0 Å². The number of nitrogens with zero attached hydrogens (tertiary/aromatic N) is 1. The first kappa shape index (κ1) is 17.4. The van der Waals surface area contributed by atoms with E-state index >= 15 is 0 Å². The Morgan fingerprint density at radius 3 is 2.65 bits per heavy atom. The summed E-state index contributed by atoms with van der Waals surface area (Å²) in [5.41, 5.74) is 3.09. The van der Waals surface area contributed by atoms with Gasteiger partial charge in [0.1, 0.15) is 17.4 Å². The molecular formula is C20H18FN3O2. The summed E-state index contributed by atoms with van der Waals surface area (Å²) < 4.78 is 18.7.